The number of rotatable bonds is 2. The van der Waals surface area contributed by atoms with Crippen molar-refractivity contribution in [2.75, 3.05) is 0 Å². The summed E-state index contributed by atoms with van der Waals surface area (Å²) in [7, 11) is 0. The Morgan fingerprint density at radius 1 is 1.25 bits per heavy atom. The molecule has 0 fully saturated rings. The van der Waals surface area contributed by atoms with Crippen molar-refractivity contribution < 1.29 is 14.3 Å². The van der Waals surface area contributed by atoms with Gasteiger partial charge in [-0.3, -0.25) is 9.36 Å². The second-order valence-electron chi connectivity index (χ2n) is 4.39. The smallest absolute Gasteiger partial charge is 0.337 e. The van der Waals surface area contributed by atoms with Gasteiger partial charge in [0, 0.05) is 16.8 Å². The topological polar surface area (TPSA) is 59.3 Å². The van der Waals surface area contributed by atoms with Crippen LogP contribution >= 0.6 is 11.6 Å². The lowest BCUT2D eigenvalue weighted by atomic mass is 10.1. The molecule has 1 N–H and O–H groups in total. The number of aromatic nitrogens is 1. The molecule has 0 aliphatic heterocycles. The molecule has 0 bridgehead atoms. The maximum absolute atomic E-state index is 13.4. The van der Waals surface area contributed by atoms with Crippen molar-refractivity contribution in [2.24, 2.45) is 0 Å². The highest BCUT2D eigenvalue weighted by atomic mass is 35.5. The summed E-state index contributed by atoms with van der Waals surface area (Å²) in [5.74, 6) is -1.74. The monoisotopic (exact) mass is 295 g/mol. The van der Waals surface area contributed by atoms with Crippen LogP contribution in [0.25, 0.3) is 5.69 Å². The van der Waals surface area contributed by atoms with Crippen LogP contribution in [0.2, 0.25) is 5.02 Å². The van der Waals surface area contributed by atoms with Gasteiger partial charge in [-0.25, -0.2) is 9.18 Å². The van der Waals surface area contributed by atoms with E-state index in [1.165, 1.54) is 19.1 Å². The Hall–Kier alpha value is -2.14. The first kappa shape index (κ1) is 14.3. The Kier molecular flexibility index (Phi) is 3.63. The first-order valence-corrected chi connectivity index (χ1v) is 6.12. The van der Waals surface area contributed by atoms with Crippen molar-refractivity contribution in [3.8, 4) is 5.69 Å². The van der Waals surface area contributed by atoms with E-state index >= 15 is 0 Å². The van der Waals surface area contributed by atoms with Gasteiger partial charge in [-0.2, -0.15) is 0 Å². The van der Waals surface area contributed by atoms with E-state index in [9.17, 15) is 19.1 Å². The lowest BCUT2D eigenvalue weighted by molar-refractivity contribution is 0.0694. The highest BCUT2D eigenvalue weighted by Gasteiger charge is 2.17. The van der Waals surface area contributed by atoms with Crippen LogP contribution in [0, 0.1) is 19.7 Å². The molecule has 2 aromatic rings. The number of pyridine rings is 1. The number of carboxylic acids is 1. The Morgan fingerprint density at radius 3 is 2.45 bits per heavy atom. The van der Waals surface area contributed by atoms with Crippen molar-refractivity contribution in [1.82, 2.24) is 4.57 Å². The molecule has 20 heavy (non-hydrogen) atoms. The molecule has 4 nitrogen and oxygen atoms in total. The van der Waals surface area contributed by atoms with Crippen molar-refractivity contribution in [1.29, 1.82) is 0 Å². The largest absolute Gasteiger partial charge is 0.478 e. The zero-order valence-corrected chi connectivity index (χ0v) is 11.5. The van der Waals surface area contributed by atoms with E-state index in [4.69, 9.17) is 11.6 Å². The number of carboxylic acid groups (broad SMARTS) is 1. The summed E-state index contributed by atoms with van der Waals surface area (Å²) in [4.78, 5) is 23.3. The molecule has 1 aromatic carbocycles. The number of aryl methyl sites for hydroxylation is 1. The molecular weight excluding hydrogens is 285 g/mol. The maximum atomic E-state index is 13.4. The number of aromatic carboxylic acids is 1. The van der Waals surface area contributed by atoms with E-state index in [0.717, 1.165) is 16.7 Å². The van der Waals surface area contributed by atoms with Crippen LogP contribution in [-0.4, -0.2) is 15.6 Å². The summed E-state index contributed by atoms with van der Waals surface area (Å²) in [6, 6.07) is 4.84. The molecule has 104 valence electrons. The molecule has 1 aromatic heterocycles. The zero-order valence-electron chi connectivity index (χ0n) is 10.8. The summed E-state index contributed by atoms with van der Waals surface area (Å²) in [5.41, 5.74) is 0.361. The molecule has 2 rings (SSSR count). The highest BCUT2D eigenvalue weighted by Crippen LogP contribution is 2.20. The van der Waals surface area contributed by atoms with Crippen LogP contribution in [0.1, 0.15) is 21.6 Å². The van der Waals surface area contributed by atoms with E-state index < -0.39 is 17.3 Å². The summed E-state index contributed by atoms with van der Waals surface area (Å²) >= 11 is 5.77. The molecule has 0 aliphatic carbocycles. The molecule has 0 saturated carbocycles. The first-order chi connectivity index (χ1) is 9.31. The predicted molar refractivity (Wildman–Crippen MR) is 73.4 cm³/mol. The van der Waals surface area contributed by atoms with Crippen LogP contribution in [-0.2, 0) is 0 Å². The minimum Gasteiger partial charge on any atom is -0.478 e. The number of hydrogen-bond donors (Lipinski definition) is 1. The number of nitrogens with zero attached hydrogens (tertiary/aromatic N) is 1. The second-order valence-corrected chi connectivity index (χ2v) is 4.83. The number of hydrogen-bond acceptors (Lipinski definition) is 2. The maximum Gasteiger partial charge on any atom is 0.337 e. The summed E-state index contributed by atoms with van der Waals surface area (Å²) in [6.07, 6.45) is 0. The molecule has 0 spiro atoms. The third-order valence-corrected chi connectivity index (χ3v) is 3.19. The van der Waals surface area contributed by atoms with Gasteiger partial charge >= 0.3 is 5.97 Å². The van der Waals surface area contributed by atoms with E-state index in [1.54, 1.807) is 6.92 Å². The average molecular weight is 296 g/mol. The quantitative estimate of drug-likeness (QED) is 0.926. The summed E-state index contributed by atoms with van der Waals surface area (Å²) in [5, 5.41) is 9.33. The molecule has 0 atom stereocenters. The third kappa shape index (κ3) is 2.44. The van der Waals surface area contributed by atoms with Crippen LogP contribution < -0.4 is 5.56 Å². The van der Waals surface area contributed by atoms with Gasteiger partial charge < -0.3 is 5.11 Å². The van der Waals surface area contributed by atoms with Gasteiger partial charge in [-0.1, -0.05) is 11.6 Å². The molecular formula is C14H11ClFNO3. The van der Waals surface area contributed by atoms with Gasteiger partial charge in [0.05, 0.1) is 11.3 Å². The van der Waals surface area contributed by atoms with Crippen molar-refractivity contribution >= 4 is 17.6 Å². The Morgan fingerprint density at radius 2 is 1.90 bits per heavy atom. The van der Waals surface area contributed by atoms with E-state index in [2.05, 4.69) is 0 Å². The SMILES string of the molecule is Cc1cc(=O)n(-c2cc(F)cc(Cl)c2)c(C)c1C(=O)O. The Bertz CT molecular complexity index is 747. The molecule has 0 saturated heterocycles. The van der Waals surface area contributed by atoms with Gasteiger partial charge in [0.1, 0.15) is 5.82 Å². The zero-order chi connectivity index (χ0) is 15.0. The van der Waals surface area contributed by atoms with Crippen LogP contribution in [0.4, 0.5) is 4.39 Å². The molecule has 0 aliphatic rings. The van der Waals surface area contributed by atoms with Crippen LogP contribution in [0.3, 0.4) is 0 Å². The minimum atomic E-state index is -1.14. The first-order valence-electron chi connectivity index (χ1n) is 5.74. The van der Waals surface area contributed by atoms with Crippen LogP contribution in [0.5, 0.6) is 0 Å². The second kappa shape index (κ2) is 5.09. The van der Waals surface area contributed by atoms with E-state index in [-0.39, 0.29) is 22.0 Å². The standard InChI is InChI=1S/C14H11ClFNO3/c1-7-3-12(18)17(8(2)13(7)14(19)20)11-5-9(15)4-10(16)6-11/h3-6H,1-2H3,(H,19,20). The predicted octanol–water partition coefficient (Wildman–Crippen LogP) is 2.95. The third-order valence-electron chi connectivity index (χ3n) is 2.97. The highest BCUT2D eigenvalue weighted by molar-refractivity contribution is 6.30. The van der Waals surface area contributed by atoms with Gasteiger partial charge in [0.25, 0.3) is 5.56 Å². The summed E-state index contributed by atoms with van der Waals surface area (Å²) < 4.78 is 14.5. The van der Waals surface area contributed by atoms with Gasteiger partial charge in [0.15, 0.2) is 0 Å². The average Bonchev–Trinajstić information content (AvgIpc) is 2.25. The molecule has 0 amide bonds. The Balaban J connectivity index is 2.84. The number of benzene rings is 1. The normalized spacial score (nSPS) is 10.6. The minimum absolute atomic E-state index is 0.0185. The van der Waals surface area contributed by atoms with Gasteiger partial charge in [-0.15, -0.1) is 0 Å². The van der Waals surface area contributed by atoms with Gasteiger partial charge in [-0.05, 0) is 37.6 Å². The summed E-state index contributed by atoms with van der Waals surface area (Å²) in [6.45, 7) is 3.04. The molecule has 1 heterocycles. The number of carbonyl (C=O) groups is 1. The van der Waals surface area contributed by atoms with E-state index in [1.807, 2.05) is 0 Å². The van der Waals surface area contributed by atoms with Crippen molar-refractivity contribution in [2.45, 2.75) is 13.8 Å². The van der Waals surface area contributed by atoms with Gasteiger partial charge in [0.2, 0.25) is 0 Å². The fraction of sp³-hybridized carbons (Fsp3) is 0.143. The molecule has 0 unspecified atom stereocenters. The lowest BCUT2D eigenvalue weighted by Gasteiger charge is -2.14. The Labute approximate surface area is 119 Å². The lowest BCUT2D eigenvalue weighted by Crippen LogP contribution is -2.24. The van der Waals surface area contributed by atoms with Crippen molar-refractivity contribution in [3.63, 3.8) is 0 Å². The molecule has 6 heteroatoms. The van der Waals surface area contributed by atoms with E-state index in [0.29, 0.717) is 5.56 Å². The van der Waals surface area contributed by atoms with Crippen molar-refractivity contribution in [3.05, 3.63) is 62.3 Å². The fourth-order valence-corrected chi connectivity index (χ4v) is 2.41. The van der Waals surface area contributed by atoms with Crippen LogP contribution in [0.15, 0.2) is 29.1 Å². The fourth-order valence-electron chi connectivity index (χ4n) is 2.20. The number of halogens is 2. The molecule has 0 radical (unpaired) electrons.